The fourth-order valence-electron chi connectivity index (χ4n) is 3.43. The standard InChI is InChI=1S/C26H20BrFN2O4/c1-2-16-7-10-19(11-8-16)30-25(32)20(24(31)29-26(30)33)13-17-9-12-23(21(27)14-17)34-15-18-5-3-4-6-22(18)28/h3-14H,2,15H2,1H3,(H,29,31,33)/b20-13-. The average molecular weight is 523 g/mol. The fraction of sp³-hybridized carbons (Fsp3) is 0.115. The summed E-state index contributed by atoms with van der Waals surface area (Å²) in [6.07, 6.45) is 2.22. The number of anilines is 1. The van der Waals surface area contributed by atoms with E-state index in [1.165, 1.54) is 12.1 Å². The second-order valence-corrected chi connectivity index (χ2v) is 8.40. The van der Waals surface area contributed by atoms with Crippen LogP contribution in [0.25, 0.3) is 6.08 Å². The lowest BCUT2D eigenvalue weighted by atomic mass is 10.1. The van der Waals surface area contributed by atoms with Gasteiger partial charge in [0, 0.05) is 5.56 Å². The van der Waals surface area contributed by atoms with Crippen LogP contribution in [0.5, 0.6) is 5.75 Å². The van der Waals surface area contributed by atoms with Crippen molar-refractivity contribution in [3.05, 3.63) is 99.3 Å². The van der Waals surface area contributed by atoms with E-state index >= 15 is 0 Å². The molecular weight excluding hydrogens is 503 g/mol. The van der Waals surface area contributed by atoms with Gasteiger partial charge in [-0.25, -0.2) is 14.1 Å². The van der Waals surface area contributed by atoms with Gasteiger partial charge in [-0.05, 0) is 69.9 Å². The first kappa shape index (κ1) is 23.4. The molecule has 6 nitrogen and oxygen atoms in total. The Bertz CT molecular complexity index is 1300. The molecule has 1 fully saturated rings. The fourth-order valence-corrected chi connectivity index (χ4v) is 3.95. The van der Waals surface area contributed by atoms with E-state index in [1.807, 2.05) is 19.1 Å². The monoisotopic (exact) mass is 522 g/mol. The van der Waals surface area contributed by atoms with Crippen LogP contribution in [0.1, 0.15) is 23.6 Å². The number of carbonyl (C=O) groups is 3. The molecule has 3 aromatic rings. The molecule has 4 rings (SSSR count). The lowest BCUT2D eigenvalue weighted by Crippen LogP contribution is -2.54. The Morgan fingerprint density at radius 3 is 2.44 bits per heavy atom. The maximum absolute atomic E-state index is 13.8. The Hall–Kier alpha value is -3.78. The summed E-state index contributed by atoms with van der Waals surface area (Å²) in [4.78, 5) is 38.8. The Balaban J connectivity index is 1.56. The molecule has 0 bridgehead atoms. The first-order valence-electron chi connectivity index (χ1n) is 10.5. The van der Waals surface area contributed by atoms with Crippen molar-refractivity contribution in [3.8, 4) is 5.75 Å². The summed E-state index contributed by atoms with van der Waals surface area (Å²) >= 11 is 3.41. The maximum atomic E-state index is 13.8. The highest BCUT2D eigenvalue weighted by atomic mass is 79.9. The van der Waals surface area contributed by atoms with Crippen LogP contribution in [0.2, 0.25) is 0 Å². The smallest absolute Gasteiger partial charge is 0.335 e. The molecule has 1 aliphatic heterocycles. The number of imide groups is 2. The van der Waals surface area contributed by atoms with Crippen LogP contribution >= 0.6 is 15.9 Å². The van der Waals surface area contributed by atoms with Crippen LogP contribution in [0.3, 0.4) is 0 Å². The predicted octanol–water partition coefficient (Wildman–Crippen LogP) is 5.40. The van der Waals surface area contributed by atoms with E-state index in [2.05, 4.69) is 21.2 Å². The van der Waals surface area contributed by atoms with E-state index in [-0.39, 0.29) is 18.0 Å². The highest BCUT2D eigenvalue weighted by Gasteiger charge is 2.36. The quantitative estimate of drug-likeness (QED) is 0.347. The molecule has 0 aromatic heterocycles. The van der Waals surface area contributed by atoms with Gasteiger partial charge in [-0.15, -0.1) is 0 Å². The molecule has 4 amide bonds. The number of amides is 4. The van der Waals surface area contributed by atoms with Crippen LogP contribution in [0.4, 0.5) is 14.9 Å². The minimum Gasteiger partial charge on any atom is -0.488 e. The number of carbonyl (C=O) groups excluding carboxylic acids is 3. The van der Waals surface area contributed by atoms with Crippen LogP contribution in [0.15, 0.2) is 76.8 Å². The van der Waals surface area contributed by atoms with Crippen LogP contribution in [-0.4, -0.2) is 17.8 Å². The lowest BCUT2D eigenvalue weighted by Gasteiger charge is -2.26. The summed E-state index contributed by atoms with van der Waals surface area (Å²) in [5.74, 6) is -1.37. The first-order valence-corrected chi connectivity index (χ1v) is 11.3. The third kappa shape index (κ3) is 4.92. The Labute approximate surface area is 204 Å². The third-order valence-electron chi connectivity index (χ3n) is 5.31. The topological polar surface area (TPSA) is 75.7 Å². The summed E-state index contributed by atoms with van der Waals surface area (Å²) in [6, 6.07) is 17.5. The molecule has 0 spiro atoms. The zero-order valence-corrected chi connectivity index (χ0v) is 19.8. The molecule has 0 atom stereocenters. The number of halogens is 2. The van der Waals surface area contributed by atoms with E-state index in [0.717, 1.165) is 16.9 Å². The van der Waals surface area contributed by atoms with Gasteiger partial charge in [0.15, 0.2) is 0 Å². The van der Waals surface area contributed by atoms with Crippen LogP contribution in [0, 0.1) is 5.82 Å². The van der Waals surface area contributed by atoms with Crippen molar-refractivity contribution >= 4 is 45.5 Å². The third-order valence-corrected chi connectivity index (χ3v) is 5.93. The number of ether oxygens (including phenoxy) is 1. The maximum Gasteiger partial charge on any atom is 0.335 e. The molecule has 8 heteroatoms. The van der Waals surface area contributed by atoms with E-state index in [4.69, 9.17) is 4.74 Å². The number of benzene rings is 3. The number of hydrogen-bond donors (Lipinski definition) is 1. The van der Waals surface area contributed by atoms with Gasteiger partial charge < -0.3 is 4.74 Å². The van der Waals surface area contributed by atoms with E-state index in [0.29, 0.717) is 27.0 Å². The number of rotatable bonds is 6. The van der Waals surface area contributed by atoms with Crippen LogP contribution in [-0.2, 0) is 22.6 Å². The predicted molar refractivity (Wildman–Crippen MR) is 130 cm³/mol. The molecule has 34 heavy (non-hydrogen) atoms. The molecule has 1 heterocycles. The molecule has 0 radical (unpaired) electrons. The van der Waals surface area contributed by atoms with E-state index < -0.39 is 17.8 Å². The van der Waals surface area contributed by atoms with Gasteiger partial charge in [0.05, 0.1) is 10.2 Å². The normalized spacial score (nSPS) is 15.0. The van der Waals surface area contributed by atoms with Gasteiger partial charge in [-0.3, -0.25) is 14.9 Å². The summed E-state index contributed by atoms with van der Waals surface area (Å²) in [6.45, 7) is 2.04. The summed E-state index contributed by atoms with van der Waals surface area (Å²) in [5.41, 5.74) is 2.21. The van der Waals surface area contributed by atoms with Crippen LogP contribution < -0.4 is 15.0 Å². The second-order valence-electron chi connectivity index (χ2n) is 7.55. The van der Waals surface area contributed by atoms with Gasteiger partial charge in [0.25, 0.3) is 11.8 Å². The Kier molecular flexibility index (Phi) is 6.88. The lowest BCUT2D eigenvalue weighted by molar-refractivity contribution is -0.122. The van der Waals surface area contributed by atoms with Crippen molar-refractivity contribution in [2.75, 3.05) is 4.90 Å². The van der Waals surface area contributed by atoms with Crippen molar-refractivity contribution < 1.29 is 23.5 Å². The van der Waals surface area contributed by atoms with E-state index in [9.17, 15) is 18.8 Å². The van der Waals surface area contributed by atoms with Gasteiger partial charge in [0.2, 0.25) is 0 Å². The van der Waals surface area contributed by atoms with Gasteiger partial charge in [0.1, 0.15) is 23.7 Å². The first-order chi connectivity index (χ1) is 16.4. The molecule has 3 aromatic carbocycles. The van der Waals surface area contributed by atoms with Crippen molar-refractivity contribution in [1.29, 1.82) is 0 Å². The van der Waals surface area contributed by atoms with Crippen molar-refractivity contribution in [1.82, 2.24) is 5.32 Å². The molecule has 1 saturated heterocycles. The van der Waals surface area contributed by atoms with Gasteiger partial charge in [-0.2, -0.15) is 0 Å². The number of aryl methyl sites for hydroxylation is 1. The number of hydrogen-bond acceptors (Lipinski definition) is 4. The Morgan fingerprint density at radius 1 is 1.03 bits per heavy atom. The molecule has 0 unspecified atom stereocenters. The highest BCUT2D eigenvalue weighted by Crippen LogP contribution is 2.29. The SMILES string of the molecule is CCc1ccc(N2C(=O)NC(=O)/C(=C/c3ccc(OCc4ccccc4F)c(Br)c3)C2=O)cc1. The zero-order chi connectivity index (χ0) is 24.2. The minimum atomic E-state index is -0.797. The van der Waals surface area contributed by atoms with Gasteiger partial charge in [-0.1, -0.05) is 43.3 Å². The van der Waals surface area contributed by atoms with Crippen molar-refractivity contribution in [2.24, 2.45) is 0 Å². The number of nitrogens with zero attached hydrogens (tertiary/aromatic N) is 1. The highest BCUT2D eigenvalue weighted by molar-refractivity contribution is 9.10. The molecule has 0 aliphatic carbocycles. The van der Waals surface area contributed by atoms with Crippen molar-refractivity contribution in [2.45, 2.75) is 20.0 Å². The number of barbiturate groups is 1. The Morgan fingerprint density at radius 2 is 1.76 bits per heavy atom. The summed E-state index contributed by atoms with van der Waals surface area (Å²) < 4.78 is 20.1. The number of nitrogens with one attached hydrogen (secondary N) is 1. The molecular formula is C26H20BrFN2O4. The zero-order valence-electron chi connectivity index (χ0n) is 18.2. The van der Waals surface area contributed by atoms with E-state index in [1.54, 1.807) is 48.5 Å². The second kappa shape index (κ2) is 10.0. The molecule has 1 aliphatic rings. The number of urea groups is 1. The summed E-state index contributed by atoms with van der Waals surface area (Å²) in [5, 5.41) is 2.21. The minimum absolute atomic E-state index is 0.0422. The molecule has 0 saturated carbocycles. The van der Waals surface area contributed by atoms with Gasteiger partial charge >= 0.3 is 6.03 Å². The summed E-state index contributed by atoms with van der Waals surface area (Å²) in [7, 11) is 0. The molecule has 1 N–H and O–H groups in total. The molecule has 172 valence electrons. The van der Waals surface area contributed by atoms with Crippen molar-refractivity contribution in [3.63, 3.8) is 0 Å². The largest absolute Gasteiger partial charge is 0.488 e. The average Bonchev–Trinajstić information content (AvgIpc) is 2.82.